The Balaban J connectivity index is 1.52. The molecule has 0 aliphatic carbocycles. The Bertz CT molecular complexity index is 1240. The van der Waals surface area contributed by atoms with Crippen molar-refractivity contribution in [3.8, 4) is 0 Å². The fraction of sp³-hybridized carbons (Fsp3) is 0.500. The lowest BCUT2D eigenvalue weighted by molar-refractivity contribution is -0.181. The summed E-state index contributed by atoms with van der Waals surface area (Å²) in [5.41, 5.74) is 3.23. The van der Waals surface area contributed by atoms with Crippen LogP contribution in [0.4, 0.5) is 4.79 Å². The van der Waals surface area contributed by atoms with E-state index in [2.05, 4.69) is 28.5 Å². The molecule has 1 aromatic carbocycles. The molecule has 1 fully saturated rings. The molecule has 9 nitrogen and oxygen atoms in total. The number of hydrogen-bond acceptors (Lipinski definition) is 7. The van der Waals surface area contributed by atoms with E-state index in [1.54, 1.807) is 17.8 Å². The van der Waals surface area contributed by atoms with E-state index in [0.717, 1.165) is 60.2 Å². The lowest BCUT2D eigenvalue weighted by Crippen LogP contribution is -2.26. The molecule has 210 valence electrons. The molecule has 3 aromatic rings. The number of benzene rings is 1. The minimum atomic E-state index is -0.573. The predicted molar refractivity (Wildman–Crippen MR) is 148 cm³/mol. The van der Waals surface area contributed by atoms with E-state index in [1.807, 2.05) is 45.2 Å². The topological polar surface area (TPSA) is 101 Å². The van der Waals surface area contributed by atoms with Gasteiger partial charge in [-0.15, -0.1) is 0 Å². The molecule has 1 amide bonds. The molecule has 1 unspecified atom stereocenters. The van der Waals surface area contributed by atoms with Gasteiger partial charge < -0.3 is 24.3 Å². The van der Waals surface area contributed by atoms with Crippen LogP contribution in [0.5, 0.6) is 0 Å². The molecule has 1 saturated heterocycles. The Morgan fingerprint density at radius 2 is 1.90 bits per heavy atom. The van der Waals surface area contributed by atoms with E-state index in [0.29, 0.717) is 19.6 Å². The number of hydrogen-bond donors (Lipinski definition) is 1. The highest BCUT2D eigenvalue weighted by Crippen LogP contribution is 2.33. The second-order valence-corrected chi connectivity index (χ2v) is 10.7. The van der Waals surface area contributed by atoms with Crippen LogP contribution in [0.2, 0.25) is 0 Å². The van der Waals surface area contributed by atoms with Gasteiger partial charge in [-0.05, 0) is 75.4 Å². The average molecular weight is 538 g/mol. The predicted octanol–water partition coefficient (Wildman–Crippen LogP) is 5.15. The standard InChI is InChI=1S/C30H39N3O6/c1-30(2,3)39-29(35)33-14-12-22-18-21(7-10-26(22)33)25(9-11-28-37-15-5-16-38-28)23-6-8-24(32-19-23)20-36-17-13-27(34)31-4/h6-8,10,12,14,18-19,25,28H,5,9,11,13,15-17,20H2,1-4H3,(H,31,34). The fourth-order valence-electron chi connectivity index (χ4n) is 4.57. The van der Waals surface area contributed by atoms with Crippen LogP contribution in [0.25, 0.3) is 10.9 Å². The summed E-state index contributed by atoms with van der Waals surface area (Å²) in [7, 11) is 1.61. The van der Waals surface area contributed by atoms with Crippen LogP contribution in [0.3, 0.4) is 0 Å². The largest absolute Gasteiger partial charge is 0.443 e. The van der Waals surface area contributed by atoms with Crippen LogP contribution in [0.15, 0.2) is 48.8 Å². The van der Waals surface area contributed by atoms with Crippen molar-refractivity contribution >= 4 is 22.9 Å². The number of fused-ring (bicyclic) bond motifs is 1. The highest BCUT2D eigenvalue weighted by molar-refractivity contribution is 5.90. The maximum absolute atomic E-state index is 12.7. The normalized spacial score (nSPS) is 15.3. The smallest absolute Gasteiger partial charge is 0.418 e. The molecule has 39 heavy (non-hydrogen) atoms. The van der Waals surface area contributed by atoms with E-state index in [-0.39, 0.29) is 18.1 Å². The van der Waals surface area contributed by atoms with Crippen molar-refractivity contribution in [2.45, 2.75) is 70.9 Å². The van der Waals surface area contributed by atoms with Gasteiger partial charge in [-0.3, -0.25) is 14.3 Å². The third-order valence-electron chi connectivity index (χ3n) is 6.55. The zero-order valence-corrected chi connectivity index (χ0v) is 23.3. The van der Waals surface area contributed by atoms with Crippen molar-refractivity contribution in [2.75, 3.05) is 26.9 Å². The zero-order chi connectivity index (χ0) is 27.8. The maximum atomic E-state index is 12.7. The van der Waals surface area contributed by atoms with E-state index in [4.69, 9.17) is 18.9 Å². The first-order chi connectivity index (χ1) is 18.7. The van der Waals surface area contributed by atoms with Crippen molar-refractivity contribution in [2.24, 2.45) is 0 Å². The Morgan fingerprint density at radius 1 is 1.13 bits per heavy atom. The van der Waals surface area contributed by atoms with Gasteiger partial charge in [0.25, 0.3) is 0 Å². The fourth-order valence-corrected chi connectivity index (χ4v) is 4.57. The minimum Gasteiger partial charge on any atom is -0.443 e. The molecule has 1 atom stereocenters. The quantitative estimate of drug-likeness (QED) is 0.357. The first-order valence-electron chi connectivity index (χ1n) is 13.5. The van der Waals surface area contributed by atoms with E-state index in [9.17, 15) is 9.59 Å². The Kier molecular flexibility index (Phi) is 9.72. The molecule has 1 aliphatic rings. The second kappa shape index (κ2) is 13.2. The Hall–Kier alpha value is -3.27. The van der Waals surface area contributed by atoms with Gasteiger partial charge in [-0.25, -0.2) is 4.79 Å². The summed E-state index contributed by atoms with van der Waals surface area (Å²) in [5, 5.41) is 3.55. The summed E-state index contributed by atoms with van der Waals surface area (Å²) < 4.78 is 24.3. The molecular formula is C30H39N3O6. The average Bonchev–Trinajstić information content (AvgIpc) is 3.35. The van der Waals surface area contributed by atoms with Gasteiger partial charge >= 0.3 is 6.09 Å². The summed E-state index contributed by atoms with van der Waals surface area (Å²) in [5.74, 6) is 0.00889. The monoisotopic (exact) mass is 537 g/mol. The van der Waals surface area contributed by atoms with E-state index >= 15 is 0 Å². The van der Waals surface area contributed by atoms with Crippen LogP contribution < -0.4 is 5.32 Å². The van der Waals surface area contributed by atoms with Crippen molar-refractivity contribution in [1.29, 1.82) is 0 Å². The summed E-state index contributed by atoms with van der Waals surface area (Å²) in [4.78, 5) is 28.7. The number of carbonyl (C=O) groups excluding carboxylic acids is 2. The molecule has 0 spiro atoms. The molecule has 2 aromatic heterocycles. The number of ether oxygens (including phenoxy) is 4. The summed E-state index contributed by atoms with van der Waals surface area (Å²) in [6, 6.07) is 12.1. The lowest BCUT2D eigenvalue weighted by atomic mass is 9.87. The highest BCUT2D eigenvalue weighted by Gasteiger charge is 2.22. The van der Waals surface area contributed by atoms with Gasteiger partial charge in [0, 0.05) is 37.2 Å². The highest BCUT2D eigenvalue weighted by atomic mass is 16.7. The van der Waals surface area contributed by atoms with Gasteiger partial charge in [0.1, 0.15) is 5.60 Å². The summed E-state index contributed by atoms with van der Waals surface area (Å²) >= 11 is 0. The molecule has 0 bridgehead atoms. The molecular weight excluding hydrogens is 498 g/mol. The van der Waals surface area contributed by atoms with Gasteiger partial charge in [0.05, 0.1) is 37.6 Å². The van der Waals surface area contributed by atoms with Crippen molar-refractivity contribution < 1.29 is 28.5 Å². The number of carbonyl (C=O) groups is 2. The number of pyridine rings is 1. The molecule has 1 N–H and O–H groups in total. The molecule has 3 heterocycles. The Morgan fingerprint density at radius 3 is 2.59 bits per heavy atom. The number of nitrogens with zero attached hydrogens (tertiary/aromatic N) is 2. The Labute approximate surface area is 229 Å². The third-order valence-corrected chi connectivity index (χ3v) is 6.55. The van der Waals surface area contributed by atoms with Crippen LogP contribution >= 0.6 is 0 Å². The van der Waals surface area contributed by atoms with Crippen molar-refractivity contribution in [3.63, 3.8) is 0 Å². The number of amides is 1. The van der Waals surface area contributed by atoms with Crippen LogP contribution in [0.1, 0.15) is 69.2 Å². The van der Waals surface area contributed by atoms with E-state index in [1.165, 1.54) is 0 Å². The van der Waals surface area contributed by atoms with Crippen LogP contribution in [-0.4, -0.2) is 60.3 Å². The molecule has 0 radical (unpaired) electrons. The number of rotatable bonds is 10. The maximum Gasteiger partial charge on any atom is 0.418 e. The second-order valence-electron chi connectivity index (χ2n) is 10.7. The molecule has 1 aliphatic heterocycles. The van der Waals surface area contributed by atoms with E-state index < -0.39 is 11.7 Å². The van der Waals surface area contributed by atoms with Gasteiger partial charge in [-0.2, -0.15) is 0 Å². The number of nitrogens with one attached hydrogen (secondary N) is 1. The lowest BCUT2D eigenvalue weighted by Gasteiger charge is -2.26. The van der Waals surface area contributed by atoms with Gasteiger partial charge in [0.15, 0.2) is 6.29 Å². The molecule has 9 heteroatoms. The van der Waals surface area contributed by atoms with Gasteiger partial charge in [-0.1, -0.05) is 12.1 Å². The summed E-state index contributed by atoms with van der Waals surface area (Å²) in [6.07, 6.45) is 5.84. The first kappa shape index (κ1) is 28.7. The first-order valence-corrected chi connectivity index (χ1v) is 13.5. The van der Waals surface area contributed by atoms with Crippen LogP contribution in [-0.2, 0) is 30.3 Å². The minimum absolute atomic E-state index is 0.0505. The number of aromatic nitrogens is 2. The zero-order valence-electron chi connectivity index (χ0n) is 23.3. The van der Waals surface area contributed by atoms with Crippen molar-refractivity contribution in [3.05, 3.63) is 65.6 Å². The van der Waals surface area contributed by atoms with Crippen molar-refractivity contribution in [1.82, 2.24) is 14.9 Å². The molecule has 4 rings (SSSR count). The SMILES string of the molecule is CNC(=O)CCOCc1ccc(C(CCC2OCCCO2)c2ccc3c(ccn3C(=O)OC(C)(C)C)c2)cn1. The van der Waals surface area contributed by atoms with Crippen LogP contribution in [0, 0.1) is 0 Å². The van der Waals surface area contributed by atoms with Gasteiger partial charge in [0.2, 0.25) is 5.91 Å². The summed E-state index contributed by atoms with van der Waals surface area (Å²) in [6.45, 7) is 7.69. The molecule has 0 saturated carbocycles. The third kappa shape index (κ3) is 8.11.